The van der Waals surface area contributed by atoms with Crippen molar-refractivity contribution in [1.82, 2.24) is 25.1 Å². The summed E-state index contributed by atoms with van der Waals surface area (Å²) in [5, 5.41) is 20.6. The first kappa shape index (κ1) is 12.7. The summed E-state index contributed by atoms with van der Waals surface area (Å²) in [6.07, 6.45) is 0. The molecule has 0 saturated carbocycles. The van der Waals surface area contributed by atoms with E-state index in [1.165, 1.54) is 0 Å². The quantitative estimate of drug-likeness (QED) is 0.840. The van der Waals surface area contributed by atoms with Gasteiger partial charge in [0.05, 0.1) is 19.0 Å². The molecule has 1 aliphatic rings. The molecule has 0 amide bonds. The fraction of sp³-hybridized carbons (Fsp3) is 0.385. The van der Waals surface area contributed by atoms with Crippen LogP contribution in [0.1, 0.15) is 11.4 Å². The van der Waals surface area contributed by atoms with Crippen LogP contribution < -0.4 is 0 Å². The second-order valence-electron chi connectivity index (χ2n) is 4.97. The molecule has 1 aromatic heterocycles. The molecule has 0 aliphatic carbocycles. The van der Waals surface area contributed by atoms with Crippen molar-refractivity contribution in [1.29, 1.82) is 0 Å². The number of hydrogen-bond acceptors (Lipinski definition) is 5. The van der Waals surface area contributed by atoms with Crippen LogP contribution in [-0.2, 0) is 17.9 Å². The molecule has 2 aromatic rings. The second-order valence-corrected chi connectivity index (χ2v) is 4.97. The third-order valence-electron chi connectivity index (χ3n) is 3.45. The van der Waals surface area contributed by atoms with Crippen LogP contribution in [-0.4, -0.2) is 49.3 Å². The van der Waals surface area contributed by atoms with Crippen molar-refractivity contribution < 1.29 is 9.90 Å². The fourth-order valence-electron chi connectivity index (χ4n) is 2.27. The van der Waals surface area contributed by atoms with Crippen LogP contribution in [0.4, 0.5) is 0 Å². The minimum absolute atomic E-state index is 0.256. The number of carboxylic acids is 1. The minimum atomic E-state index is -0.731. The Balaban J connectivity index is 1.62. The van der Waals surface area contributed by atoms with Gasteiger partial charge in [0.15, 0.2) is 5.82 Å². The lowest BCUT2D eigenvalue weighted by Gasteiger charge is -2.35. The van der Waals surface area contributed by atoms with Gasteiger partial charge in [-0.3, -0.25) is 9.69 Å². The monoisotopic (exact) mass is 273 g/mol. The normalized spacial score (nSPS) is 16.0. The van der Waals surface area contributed by atoms with E-state index in [9.17, 15) is 4.79 Å². The zero-order valence-corrected chi connectivity index (χ0v) is 10.9. The number of nitrogens with zero attached hydrogens (tertiary/aromatic N) is 5. The number of tetrazole rings is 1. The van der Waals surface area contributed by atoms with Gasteiger partial charge in [0.2, 0.25) is 0 Å². The lowest BCUT2D eigenvalue weighted by molar-refractivity contribution is -0.147. The SMILES string of the molecule is O=C(O)C1CN(Cc2nnnn2Cc2ccccc2)C1. The molecule has 0 spiro atoms. The largest absolute Gasteiger partial charge is 0.481 e. The van der Waals surface area contributed by atoms with Crippen molar-refractivity contribution in [2.24, 2.45) is 5.92 Å². The van der Waals surface area contributed by atoms with Crippen molar-refractivity contribution >= 4 is 5.97 Å². The average molecular weight is 273 g/mol. The summed E-state index contributed by atoms with van der Waals surface area (Å²) in [6, 6.07) is 9.97. The van der Waals surface area contributed by atoms with Crippen molar-refractivity contribution in [3.05, 3.63) is 41.7 Å². The summed E-state index contributed by atoms with van der Waals surface area (Å²) in [7, 11) is 0. The first-order valence-corrected chi connectivity index (χ1v) is 6.46. The molecule has 0 unspecified atom stereocenters. The Hall–Kier alpha value is -2.28. The average Bonchev–Trinajstić information content (AvgIpc) is 2.81. The van der Waals surface area contributed by atoms with Gasteiger partial charge in [-0.15, -0.1) is 5.10 Å². The summed E-state index contributed by atoms with van der Waals surface area (Å²) in [6.45, 7) is 2.34. The van der Waals surface area contributed by atoms with Crippen LogP contribution in [0, 0.1) is 5.92 Å². The highest BCUT2D eigenvalue weighted by atomic mass is 16.4. The maximum absolute atomic E-state index is 10.8. The number of likely N-dealkylation sites (tertiary alicyclic amines) is 1. The molecule has 1 saturated heterocycles. The fourth-order valence-corrected chi connectivity index (χ4v) is 2.27. The lowest BCUT2D eigenvalue weighted by Crippen LogP contribution is -2.49. The van der Waals surface area contributed by atoms with Gasteiger partial charge in [-0.05, 0) is 16.0 Å². The number of aromatic nitrogens is 4. The highest BCUT2D eigenvalue weighted by molar-refractivity contribution is 5.71. The van der Waals surface area contributed by atoms with Gasteiger partial charge in [0.25, 0.3) is 0 Å². The van der Waals surface area contributed by atoms with Crippen LogP contribution in [0.5, 0.6) is 0 Å². The zero-order chi connectivity index (χ0) is 13.9. The van der Waals surface area contributed by atoms with Gasteiger partial charge < -0.3 is 5.11 Å². The topological polar surface area (TPSA) is 84.1 Å². The van der Waals surface area contributed by atoms with E-state index in [0.29, 0.717) is 26.2 Å². The predicted molar refractivity (Wildman–Crippen MR) is 69.8 cm³/mol. The molecular weight excluding hydrogens is 258 g/mol. The number of hydrogen-bond donors (Lipinski definition) is 1. The molecule has 1 aliphatic heterocycles. The van der Waals surface area contributed by atoms with E-state index in [2.05, 4.69) is 15.5 Å². The molecule has 104 valence electrons. The zero-order valence-electron chi connectivity index (χ0n) is 10.9. The summed E-state index contributed by atoms with van der Waals surface area (Å²) in [4.78, 5) is 12.8. The van der Waals surface area contributed by atoms with E-state index < -0.39 is 5.97 Å². The Labute approximate surface area is 115 Å². The van der Waals surface area contributed by atoms with E-state index >= 15 is 0 Å². The number of carbonyl (C=O) groups is 1. The van der Waals surface area contributed by atoms with Crippen molar-refractivity contribution in [2.75, 3.05) is 13.1 Å². The molecule has 0 atom stereocenters. The van der Waals surface area contributed by atoms with Crippen LogP contribution in [0.15, 0.2) is 30.3 Å². The maximum atomic E-state index is 10.8. The third kappa shape index (κ3) is 2.67. The van der Waals surface area contributed by atoms with E-state index in [-0.39, 0.29) is 5.92 Å². The molecule has 2 heterocycles. The second kappa shape index (κ2) is 5.38. The van der Waals surface area contributed by atoms with Crippen LogP contribution in [0.25, 0.3) is 0 Å². The molecule has 3 rings (SSSR count). The maximum Gasteiger partial charge on any atom is 0.309 e. The Kier molecular flexibility index (Phi) is 3.42. The van der Waals surface area contributed by atoms with Crippen LogP contribution >= 0.6 is 0 Å². The Bertz CT molecular complexity index is 592. The number of aliphatic carboxylic acids is 1. The first-order valence-electron chi connectivity index (χ1n) is 6.46. The Morgan fingerprint density at radius 2 is 2.00 bits per heavy atom. The van der Waals surface area contributed by atoms with Gasteiger partial charge in [-0.1, -0.05) is 30.3 Å². The number of rotatable bonds is 5. The standard InChI is InChI=1S/C13H15N5O2/c19-13(20)11-7-17(8-11)9-12-14-15-16-18(12)6-10-4-2-1-3-5-10/h1-5,11H,6-9H2,(H,19,20). The number of benzene rings is 1. The molecule has 0 bridgehead atoms. The molecule has 1 N–H and O–H groups in total. The summed E-state index contributed by atoms with van der Waals surface area (Å²) < 4.78 is 1.75. The van der Waals surface area contributed by atoms with Crippen molar-refractivity contribution in [2.45, 2.75) is 13.1 Å². The van der Waals surface area contributed by atoms with Crippen LogP contribution in [0.2, 0.25) is 0 Å². The van der Waals surface area contributed by atoms with E-state index in [4.69, 9.17) is 5.11 Å². The lowest BCUT2D eigenvalue weighted by atomic mass is 10.0. The minimum Gasteiger partial charge on any atom is -0.481 e. The van der Waals surface area contributed by atoms with Gasteiger partial charge in [0.1, 0.15) is 0 Å². The molecule has 1 fully saturated rings. The molecule has 7 nitrogen and oxygen atoms in total. The molecule has 1 aromatic carbocycles. The Morgan fingerprint density at radius 3 is 2.70 bits per heavy atom. The highest BCUT2D eigenvalue weighted by Gasteiger charge is 2.33. The molecular formula is C13H15N5O2. The van der Waals surface area contributed by atoms with Crippen molar-refractivity contribution in [3.8, 4) is 0 Å². The smallest absolute Gasteiger partial charge is 0.309 e. The van der Waals surface area contributed by atoms with E-state index in [1.807, 2.05) is 35.2 Å². The van der Waals surface area contributed by atoms with Gasteiger partial charge >= 0.3 is 5.97 Å². The first-order chi connectivity index (χ1) is 9.72. The molecule has 0 radical (unpaired) electrons. The van der Waals surface area contributed by atoms with Gasteiger partial charge in [-0.25, -0.2) is 4.68 Å². The molecule has 7 heteroatoms. The predicted octanol–water partition coefficient (Wildman–Crippen LogP) is 0.238. The summed E-state index contributed by atoms with van der Waals surface area (Å²) in [5.41, 5.74) is 1.13. The summed E-state index contributed by atoms with van der Waals surface area (Å²) in [5.74, 6) is -0.226. The third-order valence-corrected chi connectivity index (χ3v) is 3.45. The summed E-state index contributed by atoms with van der Waals surface area (Å²) >= 11 is 0. The van der Waals surface area contributed by atoms with Gasteiger partial charge in [-0.2, -0.15) is 0 Å². The van der Waals surface area contributed by atoms with Crippen LogP contribution in [0.3, 0.4) is 0 Å². The number of carboxylic acid groups (broad SMARTS) is 1. The van der Waals surface area contributed by atoms with Gasteiger partial charge in [0, 0.05) is 13.1 Å². The highest BCUT2D eigenvalue weighted by Crippen LogP contribution is 2.17. The van der Waals surface area contributed by atoms with Crippen molar-refractivity contribution in [3.63, 3.8) is 0 Å². The van der Waals surface area contributed by atoms with E-state index in [0.717, 1.165) is 11.4 Å². The molecule has 20 heavy (non-hydrogen) atoms. The Morgan fingerprint density at radius 1 is 1.25 bits per heavy atom. The van der Waals surface area contributed by atoms with E-state index in [1.54, 1.807) is 4.68 Å².